The summed E-state index contributed by atoms with van der Waals surface area (Å²) in [6.45, 7) is 0. The Kier molecular flexibility index (Phi) is 5.19. The van der Waals surface area contributed by atoms with Gasteiger partial charge < -0.3 is 19.4 Å². The van der Waals surface area contributed by atoms with E-state index in [2.05, 4.69) is 5.32 Å². The molecule has 0 radical (unpaired) electrons. The average Bonchev–Trinajstić information content (AvgIpc) is 3.34. The van der Waals surface area contributed by atoms with Gasteiger partial charge in [0.2, 0.25) is 5.91 Å². The van der Waals surface area contributed by atoms with Crippen molar-refractivity contribution in [1.29, 1.82) is 0 Å². The van der Waals surface area contributed by atoms with Gasteiger partial charge in [0.25, 0.3) is 5.91 Å². The molecule has 3 aromatic rings. The lowest BCUT2D eigenvalue weighted by Crippen LogP contribution is -2.44. The van der Waals surface area contributed by atoms with Crippen LogP contribution in [0.2, 0.25) is 5.02 Å². The summed E-state index contributed by atoms with van der Waals surface area (Å²) in [4.78, 5) is 27.2. The van der Waals surface area contributed by atoms with E-state index in [0.717, 1.165) is 5.39 Å². The number of hydrogen-bond donors (Lipinski definition) is 1. The fraction of sp³-hybridized carbons (Fsp3) is 0.200. The zero-order valence-electron chi connectivity index (χ0n) is 15.0. The van der Waals surface area contributed by atoms with Gasteiger partial charge >= 0.3 is 0 Å². The van der Waals surface area contributed by atoms with E-state index < -0.39 is 6.04 Å². The number of rotatable bonds is 4. The highest BCUT2D eigenvalue weighted by Gasteiger charge is 2.36. The topological polar surface area (TPSA) is 71.8 Å². The van der Waals surface area contributed by atoms with Crippen LogP contribution in [0.15, 0.2) is 52.9 Å². The van der Waals surface area contributed by atoms with E-state index in [9.17, 15) is 9.59 Å². The van der Waals surface area contributed by atoms with E-state index in [4.69, 9.17) is 20.8 Å². The summed E-state index contributed by atoms with van der Waals surface area (Å²) >= 11 is 7.52. The minimum Gasteiger partial charge on any atom is -0.497 e. The van der Waals surface area contributed by atoms with Crippen molar-refractivity contribution in [2.75, 3.05) is 24.1 Å². The van der Waals surface area contributed by atoms with Crippen LogP contribution in [0, 0.1) is 0 Å². The number of halogens is 1. The van der Waals surface area contributed by atoms with Crippen molar-refractivity contribution in [2.45, 2.75) is 6.04 Å². The predicted molar refractivity (Wildman–Crippen MR) is 110 cm³/mol. The van der Waals surface area contributed by atoms with Crippen LogP contribution < -0.4 is 10.1 Å². The van der Waals surface area contributed by atoms with Crippen molar-refractivity contribution < 1.29 is 18.7 Å². The summed E-state index contributed by atoms with van der Waals surface area (Å²) in [7, 11) is 1.58. The van der Waals surface area contributed by atoms with E-state index in [0.29, 0.717) is 33.7 Å². The molecule has 0 spiro atoms. The van der Waals surface area contributed by atoms with Gasteiger partial charge in [-0.2, -0.15) is 0 Å². The lowest BCUT2D eigenvalue weighted by Gasteiger charge is -2.22. The molecule has 1 N–H and O–H groups in total. The Hall–Kier alpha value is -2.64. The van der Waals surface area contributed by atoms with Gasteiger partial charge in [-0.05, 0) is 48.5 Å². The van der Waals surface area contributed by atoms with Crippen LogP contribution >= 0.6 is 23.4 Å². The van der Waals surface area contributed by atoms with Crippen LogP contribution in [0.5, 0.6) is 5.75 Å². The zero-order chi connectivity index (χ0) is 19.7. The first-order chi connectivity index (χ1) is 13.5. The number of nitrogens with one attached hydrogen (secondary N) is 1. The van der Waals surface area contributed by atoms with Crippen molar-refractivity contribution >= 4 is 51.8 Å². The number of hydrogen-bond acceptors (Lipinski definition) is 5. The summed E-state index contributed by atoms with van der Waals surface area (Å²) < 4.78 is 10.8. The number of fused-ring (bicyclic) bond motifs is 1. The molecule has 4 rings (SSSR count). The smallest absolute Gasteiger partial charge is 0.291 e. The molecule has 1 aliphatic rings. The molecule has 1 atom stereocenters. The molecule has 2 aromatic carbocycles. The number of nitrogens with zero attached hydrogens (tertiary/aromatic N) is 1. The second-order valence-corrected chi connectivity index (χ2v) is 7.74. The van der Waals surface area contributed by atoms with Crippen LogP contribution in [0.4, 0.5) is 5.69 Å². The molecule has 28 heavy (non-hydrogen) atoms. The summed E-state index contributed by atoms with van der Waals surface area (Å²) in [5.74, 6) is 1.31. The van der Waals surface area contributed by atoms with E-state index in [1.807, 2.05) is 0 Å². The third-order valence-corrected chi connectivity index (χ3v) is 5.74. The number of ether oxygens (including phenoxy) is 1. The minimum atomic E-state index is -0.573. The quantitative estimate of drug-likeness (QED) is 0.688. The van der Waals surface area contributed by atoms with Crippen LogP contribution in [-0.2, 0) is 4.79 Å². The molecule has 6 nitrogen and oxygen atoms in total. The van der Waals surface area contributed by atoms with Gasteiger partial charge in [-0.3, -0.25) is 9.59 Å². The molecule has 0 saturated carbocycles. The lowest BCUT2D eigenvalue weighted by atomic mass is 10.2. The van der Waals surface area contributed by atoms with Crippen molar-refractivity contribution in [3.63, 3.8) is 0 Å². The average molecular weight is 417 g/mol. The van der Waals surface area contributed by atoms with Crippen molar-refractivity contribution in [2.24, 2.45) is 0 Å². The number of thioether (sulfide) groups is 1. The van der Waals surface area contributed by atoms with Gasteiger partial charge in [0.1, 0.15) is 17.4 Å². The number of furan rings is 1. The summed E-state index contributed by atoms with van der Waals surface area (Å²) in [6.07, 6.45) is 0. The Labute approximate surface area is 170 Å². The molecule has 0 aliphatic carbocycles. The fourth-order valence-electron chi connectivity index (χ4n) is 3.02. The maximum atomic E-state index is 12.9. The highest BCUT2D eigenvalue weighted by atomic mass is 35.5. The van der Waals surface area contributed by atoms with E-state index in [1.54, 1.807) is 55.6 Å². The molecular weight excluding hydrogens is 400 g/mol. The number of benzene rings is 2. The lowest BCUT2D eigenvalue weighted by molar-refractivity contribution is -0.119. The van der Waals surface area contributed by atoms with Crippen molar-refractivity contribution in [3.8, 4) is 5.75 Å². The van der Waals surface area contributed by atoms with E-state index in [1.165, 1.54) is 16.7 Å². The van der Waals surface area contributed by atoms with Gasteiger partial charge in [-0.1, -0.05) is 11.6 Å². The number of carbonyl (C=O) groups is 2. The monoisotopic (exact) mass is 416 g/mol. The molecule has 1 unspecified atom stereocenters. The summed E-state index contributed by atoms with van der Waals surface area (Å²) in [5, 5.41) is 4.18. The summed E-state index contributed by atoms with van der Waals surface area (Å²) in [6, 6.07) is 13.3. The Morgan fingerprint density at radius 2 is 2.00 bits per heavy atom. The second kappa shape index (κ2) is 7.77. The van der Waals surface area contributed by atoms with E-state index >= 15 is 0 Å². The molecule has 144 valence electrons. The molecule has 1 aromatic heterocycles. The molecular formula is C20H17ClN2O4S. The molecule has 1 saturated heterocycles. The maximum absolute atomic E-state index is 12.9. The number of methoxy groups -OCH3 is 1. The number of amides is 2. The van der Waals surface area contributed by atoms with Crippen LogP contribution in [0.25, 0.3) is 11.0 Å². The highest BCUT2D eigenvalue weighted by Crippen LogP contribution is 2.28. The van der Waals surface area contributed by atoms with Crippen molar-refractivity contribution in [1.82, 2.24) is 4.90 Å². The zero-order valence-corrected chi connectivity index (χ0v) is 16.5. The number of carbonyl (C=O) groups excluding carboxylic acids is 2. The van der Waals surface area contributed by atoms with Gasteiger partial charge in [-0.25, -0.2) is 0 Å². The largest absolute Gasteiger partial charge is 0.497 e. The third-order valence-electron chi connectivity index (χ3n) is 4.49. The van der Waals surface area contributed by atoms with Crippen molar-refractivity contribution in [3.05, 3.63) is 59.3 Å². The van der Waals surface area contributed by atoms with Gasteiger partial charge in [-0.15, -0.1) is 11.8 Å². The first-order valence-electron chi connectivity index (χ1n) is 8.58. The Morgan fingerprint density at radius 1 is 1.21 bits per heavy atom. The molecule has 0 bridgehead atoms. The molecule has 1 aliphatic heterocycles. The van der Waals surface area contributed by atoms with Crippen LogP contribution in [-0.4, -0.2) is 41.5 Å². The SMILES string of the molecule is COc1ccc(NC(=O)C2CSCN2C(=O)c2cc3cc(Cl)ccc3o2)cc1. The first kappa shape index (κ1) is 18.7. The second-order valence-electron chi connectivity index (χ2n) is 6.30. The highest BCUT2D eigenvalue weighted by molar-refractivity contribution is 7.99. The maximum Gasteiger partial charge on any atom is 0.291 e. The van der Waals surface area contributed by atoms with E-state index in [-0.39, 0.29) is 17.6 Å². The molecule has 2 amide bonds. The fourth-order valence-corrected chi connectivity index (χ4v) is 4.36. The van der Waals surface area contributed by atoms with Crippen LogP contribution in [0.3, 0.4) is 0 Å². The third kappa shape index (κ3) is 3.68. The number of anilines is 1. The van der Waals surface area contributed by atoms with Gasteiger partial charge in [0.15, 0.2) is 5.76 Å². The Bertz CT molecular complexity index is 1030. The predicted octanol–water partition coefficient (Wildman–Crippen LogP) is 4.25. The molecule has 1 fully saturated rings. The summed E-state index contributed by atoms with van der Waals surface area (Å²) in [5.41, 5.74) is 1.23. The molecule has 2 heterocycles. The van der Waals surface area contributed by atoms with Gasteiger partial charge in [0.05, 0.1) is 13.0 Å². The Morgan fingerprint density at radius 3 is 2.75 bits per heavy atom. The Balaban J connectivity index is 1.51. The first-order valence-corrected chi connectivity index (χ1v) is 10.1. The van der Waals surface area contributed by atoms with Crippen LogP contribution in [0.1, 0.15) is 10.6 Å². The normalized spacial score (nSPS) is 16.4. The standard InChI is InChI=1S/C20H17ClN2O4S/c1-26-15-5-3-14(4-6-15)22-19(24)16-10-28-11-23(16)20(25)18-9-12-8-13(21)2-7-17(12)27-18/h2-9,16H,10-11H2,1H3,(H,22,24). The molecule has 8 heteroatoms. The minimum absolute atomic E-state index is 0.196. The van der Waals surface area contributed by atoms with Gasteiger partial charge in [0, 0.05) is 21.8 Å².